The normalized spacial score (nSPS) is 41.8. The van der Waals surface area contributed by atoms with Gasteiger partial charge in [0.1, 0.15) is 5.67 Å². The quantitative estimate of drug-likeness (QED) is 0.849. The maximum absolute atomic E-state index is 13.9. The van der Waals surface area contributed by atoms with Gasteiger partial charge in [-0.3, -0.25) is 0 Å². The van der Waals surface area contributed by atoms with Gasteiger partial charge in [0.2, 0.25) is 0 Å². The molecule has 2 aliphatic heterocycles. The molecule has 5 fully saturated rings. The molecule has 3 aliphatic carbocycles. The Morgan fingerprint density at radius 1 is 1.21 bits per heavy atom. The molecule has 1 aromatic carbocycles. The van der Waals surface area contributed by atoms with Gasteiger partial charge in [0.25, 0.3) is 0 Å². The van der Waals surface area contributed by atoms with Crippen LogP contribution in [0, 0.1) is 12.8 Å². The van der Waals surface area contributed by atoms with E-state index in [4.69, 9.17) is 0 Å². The molecule has 2 unspecified atom stereocenters. The van der Waals surface area contributed by atoms with E-state index in [-0.39, 0.29) is 11.4 Å². The van der Waals surface area contributed by atoms with Crippen molar-refractivity contribution in [2.75, 3.05) is 5.32 Å². The lowest BCUT2D eigenvalue weighted by atomic mass is 9.40. The Hall–Kier alpha value is -1.58. The second-order valence-corrected chi connectivity index (χ2v) is 8.95. The number of amides is 2. The molecule has 1 aromatic rings. The topological polar surface area (TPSA) is 32.3 Å². The van der Waals surface area contributed by atoms with Crippen LogP contribution in [0.4, 0.5) is 14.9 Å². The first-order valence-corrected chi connectivity index (χ1v) is 9.27. The second-order valence-electron chi connectivity index (χ2n) is 8.95. The number of rotatable bonds is 2. The Morgan fingerprint density at radius 2 is 1.88 bits per heavy atom. The van der Waals surface area contributed by atoms with Crippen LogP contribution < -0.4 is 5.32 Å². The molecule has 2 atom stereocenters. The third kappa shape index (κ3) is 1.91. The molecular weight excluding hydrogens is 303 g/mol. The molecule has 0 spiro atoms. The summed E-state index contributed by atoms with van der Waals surface area (Å²) in [5.41, 5.74) is 2.46. The predicted molar refractivity (Wildman–Crippen MR) is 92.0 cm³/mol. The monoisotopic (exact) mass is 328 g/mol. The van der Waals surface area contributed by atoms with Crippen molar-refractivity contribution in [2.24, 2.45) is 5.92 Å². The molecule has 1 N–H and O–H groups in total. The van der Waals surface area contributed by atoms with Crippen molar-refractivity contribution < 1.29 is 9.18 Å². The number of aryl methyl sites for hydroxylation is 1. The summed E-state index contributed by atoms with van der Waals surface area (Å²) < 4.78 is 13.9. The van der Waals surface area contributed by atoms with Gasteiger partial charge < -0.3 is 10.2 Å². The summed E-state index contributed by atoms with van der Waals surface area (Å²) in [5.74, 6) is 0.737. The van der Waals surface area contributed by atoms with Gasteiger partial charge in [-0.2, -0.15) is 0 Å². The standard InChI is InChI=1S/C20H25FN2O/c1-12-5-15-8-16(6-12)23(15)18(24)22-14-4-3-13(2)17(7-14)19-9-20(21,10-19)11-19/h3-4,7,12,15-16H,5-6,8-11H2,1-2H3,(H,22,24). The highest BCUT2D eigenvalue weighted by Crippen LogP contribution is 2.70. The summed E-state index contributed by atoms with van der Waals surface area (Å²) in [4.78, 5) is 14.7. The van der Waals surface area contributed by atoms with Crippen LogP contribution in [0.2, 0.25) is 0 Å². The van der Waals surface area contributed by atoms with Crippen LogP contribution in [0.1, 0.15) is 56.6 Å². The summed E-state index contributed by atoms with van der Waals surface area (Å²) in [6.07, 6.45) is 5.40. The van der Waals surface area contributed by atoms with Crippen LogP contribution in [-0.2, 0) is 5.41 Å². The van der Waals surface area contributed by atoms with Crippen molar-refractivity contribution >= 4 is 11.7 Å². The minimum atomic E-state index is -0.891. The molecule has 0 radical (unpaired) electrons. The summed E-state index contributed by atoms with van der Waals surface area (Å²) in [7, 11) is 0. The highest BCUT2D eigenvalue weighted by molar-refractivity contribution is 5.90. The molecule has 6 rings (SSSR count). The molecule has 4 heteroatoms. The molecule has 24 heavy (non-hydrogen) atoms. The predicted octanol–water partition coefficient (Wildman–Crippen LogP) is 4.54. The van der Waals surface area contributed by atoms with Crippen LogP contribution >= 0.6 is 0 Å². The Labute approximate surface area is 142 Å². The molecule has 2 saturated heterocycles. The van der Waals surface area contributed by atoms with Gasteiger partial charge in [0.05, 0.1) is 0 Å². The molecular formula is C20H25FN2O. The van der Waals surface area contributed by atoms with Gasteiger partial charge >= 0.3 is 6.03 Å². The number of hydrogen-bond donors (Lipinski definition) is 1. The van der Waals surface area contributed by atoms with E-state index >= 15 is 0 Å². The number of piperidine rings is 1. The molecule has 3 nitrogen and oxygen atoms in total. The SMILES string of the molecule is Cc1ccc(NC(=O)N2C3CC(C)CC2C3)cc1C12CC(F)(C1)C2. The summed E-state index contributed by atoms with van der Waals surface area (Å²) >= 11 is 0. The van der Waals surface area contributed by atoms with E-state index in [1.54, 1.807) is 0 Å². The molecule has 2 heterocycles. The maximum atomic E-state index is 13.9. The number of anilines is 1. The number of benzene rings is 1. The van der Waals surface area contributed by atoms with E-state index in [0.717, 1.165) is 24.4 Å². The zero-order chi connectivity index (χ0) is 16.7. The zero-order valence-corrected chi connectivity index (χ0v) is 14.4. The Balaban J connectivity index is 1.32. The lowest BCUT2D eigenvalue weighted by Crippen LogP contribution is -2.67. The fraction of sp³-hybridized carbons (Fsp3) is 0.650. The smallest absolute Gasteiger partial charge is 0.318 e. The fourth-order valence-electron chi connectivity index (χ4n) is 5.89. The minimum absolute atomic E-state index is 0.0394. The molecule has 4 bridgehead atoms. The van der Waals surface area contributed by atoms with E-state index in [9.17, 15) is 9.18 Å². The molecule has 0 aromatic heterocycles. The summed E-state index contributed by atoms with van der Waals surface area (Å²) in [5, 5.41) is 3.10. The number of fused-ring (bicyclic) bond motifs is 2. The molecule has 128 valence electrons. The number of hydrogen-bond acceptors (Lipinski definition) is 1. The van der Waals surface area contributed by atoms with Crippen molar-refractivity contribution in [1.82, 2.24) is 4.90 Å². The van der Waals surface area contributed by atoms with E-state index in [1.807, 2.05) is 11.0 Å². The van der Waals surface area contributed by atoms with E-state index in [0.29, 0.717) is 31.3 Å². The number of carbonyl (C=O) groups is 1. The Bertz CT molecular complexity index is 699. The van der Waals surface area contributed by atoms with E-state index in [2.05, 4.69) is 31.3 Å². The summed E-state index contributed by atoms with van der Waals surface area (Å²) in [6, 6.07) is 7.02. The average Bonchev–Trinajstić information content (AvgIpc) is 2.44. The minimum Gasteiger partial charge on any atom is -0.318 e. The Morgan fingerprint density at radius 3 is 2.50 bits per heavy atom. The van der Waals surface area contributed by atoms with Crippen LogP contribution in [0.3, 0.4) is 0 Å². The molecule has 3 saturated carbocycles. The number of nitrogens with zero attached hydrogens (tertiary/aromatic N) is 1. The number of alkyl halides is 1. The van der Waals surface area contributed by atoms with E-state index in [1.165, 1.54) is 17.5 Å². The molecule has 2 amide bonds. The van der Waals surface area contributed by atoms with Crippen molar-refractivity contribution in [1.29, 1.82) is 0 Å². The maximum Gasteiger partial charge on any atom is 0.322 e. The highest BCUT2D eigenvalue weighted by atomic mass is 19.1. The summed E-state index contributed by atoms with van der Waals surface area (Å²) in [6.45, 7) is 4.37. The number of halogens is 1. The van der Waals surface area contributed by atoms with Gasteiger partial charge in [-0.05, 0) is 74.6 Å². The van der Waals surface area contributed by atoms with Gasteiger partial charge in [0.15, 0.2) is 0 Å². The van der Waals surface area contributed by atoms with Crippen molar-refractivity contribution in [2.45, 2.75) is 75.5 Å². The van der Waals surface area contributed by atoms with Crippen LogP contribution in [-0.4, -0.2) is 28.7 Å². The van der Waals surface area contributed by atoms with Crippen LogP contribution in [0.15, 0.2) is 18.2 Å². The van der Waals surface area contributed by atoms with Crippen LogP contribution in [0.25, 0.3) is 0 Å². The first-order chi connectivity index (χ1) is 11.4. The van der Waals surface area contributed by atoms with Gasteiger partial charge in [-0.25, -0.2) is 9.18 Å². The first-order valence-electron chi connectivity index (χ1n) is 9.27. The van der Waals surface area contributed by atoms with Gasteiger partial charge in [0, 0.05) is 23.2 Å². The highest BCUT2D eigenvalue weighted by Gasteiger charge is 2.69. The average molecular weight is 328 g/mol. The fourth-order valence-corrected chi connectivity index (χ4v) is 5.89. The van der Waals surface area contributed by atoms with Gasteiger partial charge in [-0.15, -0.1) is 0 Å². The number of urea groups is 1. The lowest BCUT2D eigenvalue weighted by molar-refractivity contribution is -0.158. The zero-order valence-electron chi connectivity index (χ0n) is 14.4. The third-order valence-corrected chi connectivity index (χ3v) is 6.94. The van der Waals surface area contributed by atoms with Crippen LogP contribution in [0.5, 0.6) is 0 Å². The van der Waals surface area contributed by atoms with Crippen molar-refractivity contribution in [3.63, 3.8) is 0 Å². The first kappa shape index (κ1) is 14.7. The van der Waals surface area contributed by atoms with E-state index < -0.39 is 5.67 Å². The third-order valence-electron chi connectivity index (χ3n) is 6.94. The number of nitrogens with one attached hydrogen (secondary N) is 1. The molecule has 5 aliphatic rings. The number of carbonyl (C=O) groups excluding carboxylic acids is 1. The second kappa shape index (κ2) is 4.53. The Kier molecular flexibility index (Phi) is 2.78. The largest absolute Gasteiger partial charge is 0.322 e. The van der Waals surface area contributed by atoms with Crippen molar-refractivity contribution in [3.8, 4) is 0 Å². The van der Waals surface area contributed by atoms with Crippen molar-refractivity contribution in [3.05, 3.63) is 29.3 Å². The lowest BCUT2D eigenvalue weighted by Gasteiger charge is -2.66. The van der Waals surface area contributed by atoms with Gasteiger partial charge in [-0.1, -0.05) is 13.0 Å².